The Hall–Kier alpha value is -2.11. The van der Waals surface area contributed by atoms with E-state index in [-0.39, 0.29) is 12.5 Å². The fourth-order valence-electron chi connectivity index (χ4n) is 3.00. The molecule has 0 aromatic heterocycles. The van der Waals surface area contributed by atoms with Crippen LogP contribution in [0.5, 0.6) is 5.75 Å². The molecule has 0 unspecified atom stereocenters. The Kier molecular flexibility index (Phi) is 6.12. The Morgan fingerprint density at radius 1 is 1.12 bits per heavy atom. The summed E-state index contributed by atoms with van der Waals surface area (Å²) in [6.45, 7) is 3.06. The number of anilines is 2. The number of benzene rings is 2. The van der Waals surface area contributed by atoms with E-state index < -0.39 is 0 Å². The average Bonchev–Trinajstić information content (AvgIpc) is 2.68. The molecule has 0 spiro atoms. The zero-order chi connectivity index (χ0) is 18.5. The van der Waals surface area contributed by atoms with Crippen molar-refractivity contribution in [2.45, 2.75) is 0 Å². The number of hydrogen-bond donors (Lipinski definition) is 1. The number of nitrogens with zero attached hydrogens (tertiary/aromatic N) is 2. The highest BCUT2D eigenvalue weighted by Gasteiger charge is 2.22. The van der Waals surface area contributed by atoms with Gasteiger partial charge in [0, 0.05) is 31.2 Å². The van der Waals surface area contributed by atoms with Crippen molar-refractivity contribution in [3.05, 3.63) is 52.5 Å². The Labute approximate surface area is 163 Å². The van der Waals surface area contributed by atoms with Crippen molar-refractivity contribution >= 4 is 40.5 Å². The van der Waals surface area contributed by atoms with Crippen LogP contribution in [0.3, 0.4) is 0 Å². The van der Waals surface area contributed by atoms with Gasteiger partial charge in [0.2, 0.25) is 5.91 Å². The molecule has 2 aromatic rings. The quantitative estimate of drug-likeness (QED) is 0.839. The van der Waals surface area contributed by atoms with Crippen molar-refractivity contribution in [3.8, 4) is 5.75 Å². The van der Waals surface area contributed by atoms with Gasteiger partial charge >= 0.3 is 0 Å². The van der Waals surface area contributed by atoms with Gasteiger partial charge in [-0.25, -0.2) is 0 Å². The third-order valence-corrected chi connectivity index (χ3v) is 4.98. The molecule has 1 aliphatic rings. The number of piperazine rings is 1. The van der Waals surface area contributed by atoms with Crippen molar-refractivity contribution in [1.29, 1.82) is 0 Å². The summed E-state index contributed by atoms with van der Waals surface area (Å²) in [4.78, 5) is 16.6. The molecule has 5 nitrogen and oxygen atoms in total. The molecule has 0 saturated carbocycles. The van der Waals surface area contributed by atoms with Crippen molar-refractivity contribution in [1.82, 2.24) is 4.90 Å². The molecule has 1 aliphatic heterocycles. The van der Waals surface area contributed by atoms with Crippen LogP contribution in [0.15, 0.2) is 42.5 Å². The number of hydrogen-bond acceptors (Lipinski definition) is 4. The van der Waals surface area contributed by atoms with E-state index in [9.17, 15) is 4.79 Å². The molecule has 7 heteroatoms. The summed E-state index contributed by atoms with van der Waals surface area (Å²) in [5, 5.41) is 4.19. The van der Waals surface area contributed by atoms with Gasteiger partial charge in [0.15, 0.2) is 0 Å². The third-order valence-electron chi connectivity index (χ3n) is 4.42. The average molecular weight is 394 g/mol. The Morgan fingerprint density at radius 2 is 1.85 bits per heavy atom. The summed E-state index contributed by atoms with van der Waals surface area (Å²) >= 11 is 12.1. The van der Waals surface area contributed by atoms with Crippen molar-refractivity contribution < 1.29 is 9.53 Å². The summed E-state index contributed by atoms with van der Waals surface area (Å²) in [7, 11) is 1.67. The lowest BCUT2D eigenvalue weighted by atomic mass is 10.2. The Morgan fingerprint density at radius 3 is 2.58 bits per heavy atom. The summed E-state index contributed by atoms with van der Waals surface area (Å²) in [6.07, 6.45) is 0. The van der Waals surface area contributed by atoms with E-state index in [2.05, 4.69) is 10.2 Å². The molecular formula is C19H21Cl2N3O2. The maximum atomic E-state index is 12.5. The number of nitrogens with one attached hydrogen (secondary N) is 1. The van der Waals surface area contributed by atoms with Crippen LogP contribution >= 0.6 is 23.2 Å². The predicted octanol–water partition coefficient (Wildman–Crippen LogP) is 3.76. The Balaban J connectivity index is 1.54. The monoisotopic (exact) mass is 393 g/mol. The van der Waals surface area contributed by atoms with Crippen LogP contribution in [0.25, 0.3) is 0 Å². The first-order valence-corrected chi connectivity index (χ1v) is 9.19. The van der Waals surface area contributed by atoms with Crippen molar-refractivity contribution in [2.24, 2.45) is 0 Å². The van der Waals surface area contributed by atoms with E-state index in [0.29, 0.717) is 28.8 Å². The smallest absolute Gasteiger partial charge is 0.241 e. The van der Waals surface area contributed by atoms with E-state index >= 15 is 0 Å². The molecular weight excluding hydrogens is 373 g/mol. The van der Waals surface area contributed by atoms with Gasteiger partial charge in [-0.15, -0.1) is 0 Å². The topological polar surface area (TPSA) is 44.8 Å². The van der Waals surface area contributed by atoms with Crippen molar-refractivity contribution in [3.63, 3.8) is 0 Å². The van der Waals surface area contributed by atoms with Gasteiger partial charge in [-0.2, -0.15) is 0 Å². The molecule has 0 bridgehead atoms. The summed E-state index contributed by atoms with van der Waals surface area (Å²) < 4.78 is 5.43. The van der Waals surface area contributed by atoms with Crippen LogP contribution in [0, 0.1) is 0 Å². The van der Waals surface area contributed by atoms with Crippen LogP contribution < -0.4 is 15.0 Å². The first-order valence-electron chi connectivity index (χ1n) is 8.43. The van der Waals surface area contributed by atoms with Crippen LogP contribution in [-0.2, 0) is 4.79 Å². The van der Waals surface area contributed by atoms with E-state index in [0.717, 1.165) is 24.5 Å². The van der Waals surface area contributed by atoms with Crippen LogP contribution in [0.1, 0.15) is 0 Å². The van der Waals surface area contributed by atoms with Gasteiger partial charge in [-0.3, -0.25) is 4.79 Å². The van der Waals surface area contributed by atoms with Crippen LogP contribution in [0.2, 0.25) is 10.0 Å². The number of carbonyl (C=O) groups is 1. The molecule has 1 heterocycles. The standard InChI is InChI=1S/C19H21Cl2N3O2/c1-26-18-5-3-2-4-17(18)23-8-10-24(11-9-23)19(25)13-22-16-12-14(20)6-7-15(16)21/h2-7,12,22H,8-11,13H2,1H3. The van der Waals surface area contributed by atoms with E-state index in [1.54, 1.807) is 25.3 Å². The minimum Gasteiger partial charge on any atom is -0.495 e. The second-order valence-corrected chi connectivity index (χ2v) is 6.86. The molecule has 0 radical (unpaired) electrons. The molecule has 3 rings (SSSR count). The molecule has 138 valence electrons. The van der Waals surface area contributed by atoms with E-state index in [4.69, 9.17) is 27.9 Å². The largest absolute Gasteiger partial charge is 0.495 e. The predicted molar refractivity (Wildman–Crippen MR) is 107 cm³/mol. The number of rotatable bonds is 5. The van der Waals surface area contributed by atoms with E-state index in [1.807, 2.05) is 29.2 Å². The highest BCUT2D eigenvalue weighted by atomic mass is 35.5. The third kappa shape index (κ3) is 4.34. The maximum absolute atomic E-state index is 12.5. The molecule has 1 amide bonds. The zero-order valence-corrected chi connectivity index (χ0v) is 16.1. The normalized spacial score (nSPS) is 14.3. The van der Waals surface area contributed by atoms with Gasteiger partial charge < -0.3 is 19.9 Å². The van der Waals surface area contributed by atoms with Gasteiger partial charge in [0.1, 0.15) is 5.75 Å². The number of halogens is 2. The number of para-hydroxylation sites is 2. The second kappa shape index (κ2) is 8.52. The van der Waals surface area contributed by atoms with Crippen LogP contribution in [0.4, 0.5) is 11.4 Å². The van der Waals surface area contributed by atoms with Crippen LogP contribution in [-0.4, -0.2) is 50.6 Å². The summed E-state index contributed by atoms with van der Waals surface area (Å²) in [5.41, 5.74) is 1.73. The van der Waals surface area contributed by atoms with Gasteiger partial charge in [0.25, 0.3) is 0 Å². The fraction of sp³-hybridized carbons (Fsp3) is 0.316. The number of methoxy groups -OCH3 is 1. The molecule has 1 N–H and O–H groups in total. The lowest BCUT2D eigenvalue weighted by Gasteiger charge is -2.36. The molecule has 2 aromatic carbocycles. The molecule has 26 heavy (non-hydrogen) atoms. The zero-order valence-electron chi connectivity index (χ0n) is 14.5. The first kappa shape index (κ1) is 18.7. The lowest BCUT2D eigenvalue weighted by molar-refractivity contribution is -0.129. The number of amides is 1. The van der Waals surface area contributed by atoms with Crippen molar-refractivity contribution in [2.75, 3.05) is 50.1 Å². The van der Waals surface area contributed by atoms with E-state index in [1.165, 1.54) is 0 Å². The summed E-state index contributed by atoms with van der Waals surface area (Å²) in [6, 6.07) is 13.1. The minimum atomic E-state index is 0.0423. The highest BCUT2D eigenvalue weighted by molar-refractivity contribution is 6.35. The van der Waals surface area contributed by atoms with Gasteiger partial charge in [0.05, 0.1) is 30.1 Å². The first-order chi connectivity index (χ1) is 12.6. The summed E-state index contributed by atoms with van der Waals surface area (Å²) in [5.74, 6) is 0.894. The van der Waals surface area contributed by atoms with Gasteiger partial charge in [-0.1, -0.05) is 35.3 Å². The molecule has 1 fully saturated rings. The number of carbonyl (C=O) groups excluding carboxylic acids is 1. The maximum Gasteiger partial charge on any atom is 0.241 e. The molecule has 0 atom stereocenters. The SMILES string of the molecule is COc1ccccc1N1CCN(C(=O)CNc2cc(Cl)ccc2Cl)CC1. The molecule has 0 aliphatic carbocycles. The Bertz CT molecular complexity index is 777. The second-order valence-electron chi connectivity index (χ2n) is 6.02. The highest BCUT2D eigenvalue weighted by Crippen LogP contribution is 2.28. The van der Waals surface area contributed by atoms with Gasteiger partial charge in [-0.05, 0) is 30.3 Å². The fourth-order valence-corrected chi connectivity index (χ4v) is 3.36. The number of ether oxygens (including phenoxy) is 1. The minimum absolute atomic E-state index is 0.0423. The molecule has 1 saturated heterocycles. The lowest BCUT2D eigenvalue weighted by Crippen LogP contribution is -2.50.